The first-order chi connectivity index (χ1) is 11.3. The lowest BCUT2D eigenvalue weighted by atomic mass is 9.94. The van der Waals surface area contributed by atoms with Gasteiger partial charge in [0, 0.05) is 0 Å². The third-order valence-electron chi connectivity index (χ3n) is 4.12. The Labute approximate surface area is 150 Å². The van der Waals surface area contributed by atoms with Crippen LogP contribution in [0.3, 0.4) is 0 Å². The molecule has 0 fully saturated rings. The molecule has 0 aromatic heterocycles. The molecule has 0 bridgehead atoms. The van der Waals surface area contributed by atoms with E-state index in [4.69, 9.17) is 23.2 Å². The summed E-state index contributed by atoms with van der Waals surface area (Å²) in [5.41, 5.74) is 1.48. The molecule has 2 aromatic carbocycles. The lowest BCUT2D eigenvalue weighted by Gasteiger charge is -2.12. The molecule has 130 valence electrons. The van der Waals surface area contributed by atoms with Gasteiger partial charge in [0.1, 0.15) is 0 Å². The summed E-state index contributed by atoms with van der Waals surface area (Å²) in [4.78, 5) is 0. The maximum absolute atomic E-state index is 12.5. The maximum Gasteiger partial charge on any atom is 0.416 e. The summed E-state index contributed by atoms with van der Waals surface area (Å²) in [5.74, 6) is 0.474. The predicted octanol–water partition coefficient (Wildman–Crippen LogP) is 7.21. The van der Waals surface area contributed by atoms with E-state index >= 15 is 0 Å². The first kappa shape index (κ1) is 19.1. The van der Waals surface area contributed by atoms with Crippen LogP contribution in [0.25, 0.3) is 0 Å². The van der Waals surface area contributed by atoms with Crippen molar-refractivity contribution in [1.29, 1.82) is 0 Å². The van der Waals surface area contributed by atoms with Crippen molar-refractivity contribution in [3.63, 3.8) is 0 Å². The second-order valence-corrected chi connectivity index (χ2v) is 6.94. The minimum Gasteiger partial charge on any atom is -0.166 e. The number of halogens is 5. The van der Waals surface area contributed by atoms with E-state index < -0.39 is 11.7 Å². The van der Waals surface area contributed by atoms with Gasteiger partial charge in [-0.3, -0.25) is 0 Å². The first-order valence-corrected chi connectivity index (χ1v) is 8.61. The van der Waals surface area contributed by atoms with Crippen LogP contribution in [0.4, 0.5) is 13.2 Å². The Bertz CT molecular complexity index is 663. The van der Waals surface area contributed by atoms with E-state index in [-0.39, 0.29) is 0 Å². The summed E-state index contributed by atoms with van der Waals surface area (Å²) in [6.45, 7) is 2.15. The molecule has 2 rings (SSSR count). The van der Waals surface area contributed by atoms with E-state index in [1.807, 2.05) is 12.1 Å². The summed E-state index contributed by atoms with van der Waals surface area (Å²) in [6.07, 6.45) is -0.650. The van der Waals surface area contributed by atoms with Crippen molar-refractivity contribution >= 4 is 23.2 Å². The Hall–Kier alpha value is -1.19. The van der Waals surface area contributed by atoms with Crippen molar-refractivity contribution < 1.29 is 13.2 Å². The third kappa shape index (κ3) is 5.71. The Morgan fingerprint density at radius 2 is 1.38 bits per heavy atom. The van der Waals surface area contributed by atoms with E-state index in [1.165, 1.54) is 0 Å². The van der Waals surface area contributed by atoms with Crippen LogP contribution in [0.15, 0.2) is 42.5 Å². The van der Waals surface area contributed by atoms with Crippen molar-refractivity contribution in [1.82, 2.24) is 0 Å². The van der Waals surface area contributed by atoms with E-state index in [2.05, 4.69) is 6.92 Å². The van der Waals surface area contributed by atoms with Crippen molar-refractivity contribution in [2.45, 2.75) is 38.8 Å². The molecule has 2 aromatic rings. The normalized spacial score (nSPS) is 13.1. The smallest absolute Gasteiger partial charge is 0.166 e. The van der Waals surface area contributed by atoms with Gasteiger partial charge >= 0.3 is 6.18 Å². The summed E-state index contributed by atoms with van der Waals surface area (Å²) in [6, 6.07) is 11.1. The average molecular weight is 375 g/mol. The predicted molar refractivity (Wildman–Crippen MR) is 93.7 cm³/mol. The summed E-state index contributed by atoms with van der Waals surface area (Å²) in [7, 11) is 0. The SMILES string of the molecule is CC(CCc1ccc(C(F)(F)F)cc1)CCc1ccc(Cl)c(Cl)c1. The highest BCUT2D eigenvalue weighted by Gasteiger charge is 2.29. The van der Waals surface area contributed by atoms with Gasteiger partial charge in [-0.15, -0.1) is 0 Å². The van der Waals surface area contributed by atoms with E-state index in [0.717, 1.165) is 48.9 Å². The Morgan fingerprint density at radius 3 is 1.92 bits per heavy atom. The van der Waals surface area contributed by atoms with Crippen LogP contribution in [0.2, 0.25) is 10.0 Å². The molecule has 1 atom stereocenters. The molecule has 0 spiro atoms. The molecule has 0 heterocycles. The van der Waals surface area contributed by atoms with Crippen LogP contribution >= 0.6 is 23.2 Å². The average Bonchev–Trinajstić information content (AvgIpc) is 2.53. The van der Waals surface area contributed by atoms with Crippen LogP contribution in [-0.4, -0.2) is 0 Å². The number of benzene rings is 2. The molecule has 1 unspecified atom stereocenters. The molecule has 0 aliphatic heterocycles. The van der Waals surface area contributed by atoms with Crippen molar-refractivity contribution in [2.24, 2.45) is 5.92 Å². The number of hydrogen-bond acceptors (Lipinski definition) is 0. The fourth-order valence-electron chi connectivity index (χ4n) is 2.53. The van der Waals surface area contributed by atoms with Gasteiger partial charge in [-0.25, -0.2) is 0 Å². The quantitative estimate of drug-likeness (QED) is 0.500. The first-order valence-electron chi connectivity index (χ1n) is 7.86. The molecule has 0 N–H and O–H groups in total. The zero-order valence-electron chi connectivity index (χ0n) is 13.3. The number of rotatable bonds is 6. The van der Waals surface area contributed by atoms with E-state index in [9.17, 15) is 13.2 Å². The topological polar surface area (TPSA) is 0 Å². The van der Waals surface area contributed by atoms with Crippen LogP contribution in [0.5, 0.6) is 0 Å². The van der Waals surface area contributed by atoms with Gasteiger partial charge in [0.2, 0.25) is 0 Å². The number of aryl methyl sites for hydroxylation is 2. The molecule has 0 amide bonds. The molecule has 0 radical (unpaired) electrons. The molecule has 0 aliphatic carbocycles. The lowest BCUT2D eigenvalue weighted by Crippen LogP contribution is -2.05. The standard InChI is InChI=1S/C19H19Cl2F3/c1-13(3-5-15-8-11-17(20)18(21)12-15)2-4-14-6-9-16(10-7-14)19(22,23)24/h6-13H,2-5H2,1H3. The highest BCUT2D eigenvalue weighted by Crippen LogP contribution is 2.29. The minimum absolute atomic E-state index is 0.474. The van der Waals surface area contributed by atoms with Crippen molar-refractivity contribution in [3.05, 3.63) is 69.2 Å². The van der Waals surface area contributed by atoms with Gasteiger partial charge in [-0.05, 0) is 67.0 Å². The number of alkyl halides is 3. The molecule has 0 nitrogen and oxygen atoms in total. The van der Waals surface area contributed by atoms with Gasteiger partial charge < -0.3 is 0 Å². The van der Waals surface area contributed by atoms with Gasteiger partial charge in [0.15, 0.2) is 0 Å². The zero-order chi connectivity index (χ0) is 17.7. The molecule has 5 heteroatoms. The van der Waals surface area contributed by atoms with E-state index in [1.54, 1.807) is 18.2 Å². The second-order valence-electron chi connectivity index (χ2n) is 6.13. The van der Waals surface area contributed by atoms with Gasteiger partial charge in [-0.1, -0.05) is 48.3 Å². The Balaban J connectivity index is 1.80. The Kier molecular flexibility index (Phi) is 6.59. The highest BCUT2D eigenvalue weighted by atomic mass is 35.5. The number of hydrogen-bond donors (Lipinski definition) is 0. The van der Waals surface area contributed by atoms with E-state index in [0.29, 0.717) is 16.0 Å². The zero-order valence-corrected chi connectivity index (χ0v) is 14.8. The summed E-state index contributed by atoms with van der Waals surface area (Å²) in [5, 5.41) is 1.11. The van der Waals surface area contributed by atoms with Gasteiger partial charge in [0.05, 0.1) is 15.6 Å². The van der Waals surface area contributed by atoms with Crippen molar-refractivity contribution in [2.75, 3.05) is 0 Å². The van der Waals surface area contributed by atoms with Gasteiger partial charge in [-0.2, -0.15) is 13.2 Å². The monoisotopic (exact) mass is 374 g/mol. The van der Waals surface area contributed by atoms with Crippen LogP contribution in [-0.2, 0) is 19.0 Å². The molecule has 0 aliphatic rings. The van der Waals surface area contributed by atoms with Crippen LogP contribution < -0.4 is 0 Å². The summed E-state index contributed by atoms with van der Waals surface area (Å²) < 4.78 is 37.6. The van der Waals surface area contributed by atoms with Crippen LogP contribution in [0, 0.1) is 5.92 Å². The lowest BCUT2D eigenvalue weighted by molar-refractivity contribution is -0.137. The largest absolute Gasteiger partial charge is 0.416 e. The molecular formula is C19H19Cl2F3. The maximum atomic E-state index is 12.5. The molecule has 24 heavy (non-hydrogen) atoms. The third-order valence-corrected chi connectivity index (χ3v) is 4.86. The van der Waals surface area contributed by atoms with Gasteiger partial charge in [0.25, 0.3) is 0 Å². The summed E-state index contributed by atoms with van der Waals surface area (Å²) >= 11 is 11.9. The fourth-order valence-corrected chi connectivity index (χ4v) is 2.85. The molecule has 0 saturated heterocycles. The minimum atomic E-state index is -4.27. The Morgan fingerprint density at radius 1 is 0.833 bits per heavy atom. The second kappa shape index (κ2) is 8.26. The molecular weight excluding hydrogens is 356 g/mol. The van der Waals surface area contributed by atoms with Crippen LogP contribution in [0.1, 0.15) is 36.5 Å². The molecule has 0 saturated carbocycles. The van der Waals surface area contributed by atoms with Crippen molar-refractivity contribution in [3.8, 4) is 0 Å². The fraction of sp³-hybridized carbons (Fsp3) is 0.368. The highest BCUT2D eigenvalue weighted by molar-refractivity contribution is 6.42.